The van der Waals surface area contributed by atoms with Crippen LogP contribution in [0, 0.1) is 0 Å². The van der Waals surface area contributed by atoms with Crippen molar-refractivity contribution >= 4 is 34.9 Å². The van der Waals surface area contributed by atoms with Gasteiger partial charge in [-0.2, -0.15) is 23.4 Å². The molecule has 0 fully saturated rings. The Kier molecular flexibility index (Phi) is 5.16. The molecule has 0 aliphatic carbocycles. The van der Waals surface area contributed by atoms with Gasteiger partial charge in [0.05, 0.1) is 6.54 Å². The summed E-state index contributed by atoms with van der Waals surface area (Å²) in [7, 11) is 1.20. The molecule has 0 spiro atoms. The van der Waals surface area contributed by atoms with Gasteiger partial charge in [0, 0.05) is 24.3 Å². The number of hydrogen-bond donors (Lipinski definition) is 1. The number of alkyl halides is 3. The van der Waals surface area contributed by atoms with Crippen molar-refractivity contribution in [3.63, 3.8) is 0 Å². The maximum Gasteiger partial charge on any atom is 0.436 e. The molecule has 3 rings (SSSR count). The van der Waals surface area contributed by atoms with Crippen molar-refractivity contribution in [3.8, 4) is 0 Å². The number of aryl methyl sites for hydroxylation is 1. The van der Waals surface area contributed by atoms with E-state index in [1.54, 1.807) is 23.0 Å². The molecule has 0 radical (unpaired) electrons. The van der Waals surface area contributed by atoms with Crippen LogP contribution in [0.25, 0.3) is 0 Å². The number of benzene rings is 1. The van der Waals surface area contributed by atoms with Gasteiger partial charge in [-0.15, -0.1) is 0 Å². The Hall–Kier alpha value is -2.52. The van der Waals surface area contributed by atoms with Gasteiger partial charge in [-0.3, -0.25) is 14.2 Å². The standard InChI is InChI=1S/C16H12Cl2F3N5O/c1-25-13(12(18)14(24-25)16(19,20)21)15(27)22-11-6-7-26(23-11)8-9-2-4-10(17)5-3-9/h2-7H,8H2,1H3,(H,22,23,27). The number of amides is 1. The lowest BCUT2D eigenvalue weighted by molar-refractivity contribution is -0.141. The van der Waals surface area contributed by atoms with Gasteiger partial charge in [-0.25, -0.2) is 0 Å². The lowest BCUT2D eigenvalue weighted by Gasteiger charge is -2.04. The van der Waals surface area contributed by atoms with Crippen molar-refractivity contribution in [1.82, 2.24) is 19.6 Å². The summed E-state index contributed by atoms with van der Waals surface area (Å²) in [4.78, 5) is 12.3. The summed E-state index contributed by atoms with van der Waals surface area (Å²) in [6, 6.07) is 8.66. The largest absolute Gasteiger partial charge is 0.436 e. The van der Waals surface area contributed by atoms with Crippen molar-refractivity contribution in [2.75, 3.05) is 5.32 Å². The summed E-state index contributed by atoms with van der Waals surface area (Å²) >= 11 is 11.5. The van der Waals surface area contributed by atoms with E-state index in [0.29, 0.717) is 11.6 Å². The molecular formula is C16H12Cl2F3N5O. The van der Waals surface area contributed by atoms with Gasteiger partial charge >= 0.3 is 6.18 Å². The number of nitrogens with zero attached hydrogens (tertiary/aromatic N) is 4. The fourth-order valence-electron chi connectivity index (χ4n) is 2.39. The maximum atomic E-state index is 12.9. The molecule has 6 nitrogen and oxygen atoms in total. The average Bonchev–Trinajstić information content (AvgIpc) is 3.13. The van der Waals surface area contributed by atoms with Crippen LogP contribution < -0.4 is 5.32 Å². The fourth-order valence-corrected chi connectivity index (χ4v) is 2.87. The van der Waals surface area contributed by atoms with Crippen LogP contribution in [0.4, 0.5) is 19.0 Å². The first-order valence-electron chi connectivity index (χ1n) is 7.54. The number of hydrogen-bond acceptors (Lipinski definition) is 3. The van der Waals surface area contributed by atoms with E-state index in [9.17, 15) is 18.0 Å². The molecule has 0 saturated heterocycles. The number of rotatable bonds is 4. The Morgan fingerprint density at radius 1 is 1.15 bits per heavy atom. The molecule has 0 aliphatic heterocycles. The van der Waals surface area contributed by atoms with Crippen molar-refractivity contribution in [1.29, 1.82) is 0 Å². The molecule has 27 heavy (non-hydrogen) atoms. The van der Waals surface area contributed by atoms with E-state index in [-0.39, 0.29) is 5.82 Å². The van der Waals surface area contributed by atoms with E-state index in [4.69, 9.17) is 23.2 Å². The molecule has 2 heterocycles. The third-order valence-corrected chi connectivity index (χ3v) is 4.22. The van der Waals surface area contributed by atoms with Crippen molar-refractivity contribution in [2.24, 2.45) is 7.05 Å². The highest BCUT2D eigenvalue weighted by Crippen LogP contribution is 2.35. The molecule has 1 aromatic carbocycles. The minimum absolute atomic E-state index is 0.166. The Balaban J connectivity index is 1.75. The highest BCUT2D eigenvalue weighted by molar-refractivity contribution is 6.34. The number of carbonyl (C=O) groups excluding carboxylic acids is 1. The molecule has 0 unspecified atom stereocenters. The zero-order valence-electron chi connectivity index (χ0n) is 13.8. The van der Waals surface area contributed by atoms with Gasteiger partial charge in [0.1, 0.15) is 10.7 Å². The maximum absolute atomic E-state index is 12.9. The van der Waals surface area contributed by atoms with Gasteiger partial charge in [0.15, 0.2) is 11.5 Å². The highest BCUT2D eigenvalue weighted by Gasteiger charge is 2.39. The predicted molar refractivity (Wildman–Crippen MR) is 94.0 cm³/mol. The quantitative estimate of drug-likeness (QED) is 0.690. The number of aromatic nitrogens is 4. The molecular weight excluding hydrogens is 406 g/mol. The first-order valence-corrected chi connectivity index (χ1v) is 8.29. The molecule has 0 saturated carbocycles. The van der Waals surface area contributed by atoms with Gasteiger partial charge < -0.3 is 5.32 Å². The Bertz CT molecular complexity index is 979. The summed E-state index contributed by atoms with van der Waals surface area (Å²) in [6.45, 7) is 0.428. The van der Waals surface area contributed by atoms with Crippen molar-refractivity contribution in [3.05, 3.63) is 63.5 Å². The monoisotopic (exact) mass is 417 g/mol. The van der Waals surface area contributed by atoms with E-state index in [2.05, 4.69) is 15.5 Å². The first-order chi connectivity index (χ1) is 12.6. The lowest BCUT2D eigenvalue weighted by Crippen LogP contribution is -2.17. The van der Waals surface area contributed by atoms with Crippen LogP contribution in [0.3, 0.4) is 0 Å². The molecule has 11 heteroatoms. The SMILES string of the molecule is Cn1nc(C(F)(F)F)c(Cl)c1C(=O)Nc1ccn(Cc2ccc(Cl)cc2)n1. The van der Waals surface area contributed by atoms with Gasteiger partial charge in [0.2, 0.25) is 0 Å². The molecule has 142 valence electrons. The van der Waals surface area contributed by atoms with Crippen LogP contribution in [0.2, 0.25) is 10.0 Å². The van der Waals surface area contributed by atoms with E-state index in [1.165, 1.54) is 13.1 Å². The van der Waals surface area contributed by atoms with E-state index in [0.717, 1.165) is 10.2 Å². The van der Waals surface area contributed by atoms with Gasteiger partial charge in [-0.05, 0) is 17.7 Å². The summed E-state index contributed by atoms with van der Waals surface area (Å²) < 4.78 is 40.9. The second kappa shape index (κ2) is 7.24. The third-order valence-electron chi connectivity index (χ3n) is 3.61. The average molecular weight is 418 g/mol. The second-order valence-electron chi connectivity index (χ2n) is 5.61. The summed E-state index contributed by atoms with van der Waals surface area (Å²) in [6.07, 6.45) is -3.14. The van der Waals surface area contributed by atoms with Crippen LogP contribution >= 0.6 is 23.2 Å². The van der Waals surface area contributed by atoms with Crippen LogP contribution in [0.5, 0.6) is 0 Å². The minimum atomic E-state index is -4.76. The Morgan fingerprint density at radius 3 is 2.41 bits per heavy atom. The van der Waals surface area contributed by atoms with E-state index < -0.39 is 28.5 Å². The smallest absolute Gasteiger partial charge is 0.304 e. The normalized spacial score (nSPS) is 11.6. The molecule has 0 atom stereocenters. The van der Waals surface area contributed by atoms with Gasteiger partial charge in [0.25, 0.3) is 5.91 Å². The zero-order valence-corrected chi connectivity index (χ0v) is 15.3. The number of carbonyl (C=O) groups is 1. The third kappa shape index (κ3) is 4.25. The van der Waals surface area contributed by atoms with Crippen LogP contribution in [0.15, 0.2) is 36.5 Å². The Morgan fingerprint density at radius 2 is 1.81 bits per heavy atom. The van der Waals surface area contributed by atoms with E-state index in [1.807, 2.05) is 12.1 Å². The molecule has 0 aliphatic rings. The molecule has 3 aromatic rings. The topological polar surface area (TPSA) is 64.7 Å². The number of halogens is 5. The minimum Gasteiger partial charge on any atom is -0.304 e. The van der Waals surface area contributed by atoms with Crippen molar-refractivity contribution < 1.29 is 18.0 Å². The van der Waals surface area contributed by atoms with Crippen LogP contribution in [0.1, 0.15) is 21.7 Å². The first kappa shape index (κ1) is 19.2. The Labute approximate surface area is 161 Å². The zero-order chi connectivity index (χ0) is 19.8. The molecule has 0 bridgehead atoms. The van der Waals surface area contributed by atoms with Crippen LogP contribution in [-0.4, -0.2) is 25.5 Å². The second-order valence-corrected chi connectivity index (χ2v) is 6.43. The number of nitrogens with one attached hydrogen (secondary N) is 1. The highest BCUT2D eigenvalue weighted by atomic mass is 35.5. The van der Waals surface area contributed by atoms with Crippen LogP contribution in [-0.2, 0) is 19.8 Å². The van der Waals surface area contributed by atoms with Crippen molar-refractivity contribution in [2.45, 2.75) is 12.7 Å². The molecule has 1 N–H and O–H groups in total. The fraction of sp³-hybridized carbons (Fsp3) is 0.188. The predicted octanol–water partition coefficient (Wildman–Crippen LogP) is 4.24. The summed E-state index contributed by atoms with van der Waals surface area (Å²) in [5.41, 5.74) is -0.786. The summed E-state index contributed by atoms with van der Waals surface area (Å²) in [5, 5.41) is 9.70. The lowest BCUT2D eigenvalue weighted by atomic mass is 10.2. The van der Waals surface area contributed by atoms with E-state index >= 15 is 0 Å². The molecule has 2 aromatic heterocycles. The molecule has 1 amide bonds. The number of anilines is 1. The summed E-state index contributed by atoms with van der Waals surface area (Å²) in [5.74, 6) is -0.679. The van der Waals surface area contributed by atoms with Gasteiger partial charge in [-0.1, -0.05) is 35.3 Å².